The van der Waals surface area contributed by atoms with E-state index in [1.54, 1.807) is 6.07 Å². The van der Waals surface area contributed by atoms with E-state index >= 15 is 0 Å². The number of fused-ring (bicyclic) bond motifs is 1. The zero-order valence-electron chi connectivity index (χ0n) is 12.0. The molecule has 1 atom stereocenters. The maximum atomic E-state index is 14.2. The monoisotopic (exact) mass is 332 g/mol. The van der Waals surface area contributed by atoms with Crippen LogP contribution >= 0.6 is 0 Å². The summed E-state index contributed by atoms with van der Waals surface area (Å²) >= 11 is 0. The molecule has 0 spiro atoms. The lowest BCUT2D eigenvalue weighted by Gasteiger charge is -2.25. The average Bonchev–Trinajstić information content (AvgIpc) is 2.55. The number of nitriles is 1. The molecule has 8 heteroatoms. The van der Waals surface area contributed by atoms with Gasteiger partial charge in [0.25, 0.3) is 0 Å². The van der Waals surface area contributed by atoms with Crippen LogP contribution in [0.25, 0.3) is 0 Å². The van der Waals surface area contributed by atoms with Gasteiger partial charge in [-0.1, -0.05) is 6.07 Å². The van der Waals surface area contributed by atoms with Crippen molar-refractivity contribution in [2.24, 2.45) is 5.73 Å². The minimum Gasteiger partial charge on any atom is -0.458 e. The molecule has 6 nitrogen and oxygen atoms in total. The number of rotatable bonds is 2. The average molecular weight is 332 g/mol. The molecule has 2 aromatic rings. The van der Waals surface area contributed by atoms with Crippen LogP contribution in [-0.4, -0.2) is 5.11 Å². The summed E-state index contributed by atoms with van der Waals surface area (Å²) in [5, 5.41) is 18.5. The van der Waals surface area contributed by atoms with Gasteiger partial charge in [0.2, 0.25) is 17.1 Å². The Morgan fingerprint density at radius 1 is 1.33 bits per heavy atom. The summed E-state index contributed by atoms with van der Waals surface area (Å²) in [7, 11) is 0. The first-order chi connectivity index (χ1) is 11.5. The smallest absolute Gasteiger partial charge is 0.228 e. The highest BCUT2D eigenvalue weighted by atomic mass is 19.1. The molecular formula is C16H10F2N2O4. The second kappa shape index (κ2) is 5.79. The van der Waals surface area contributed by atoms with Crippen molar-refractivity contribution in [3.8, 4) is 11.8 Å². The van der Waals surface area contributed by atoms with Gasteiger partial charge < -0.3 is 20.0 Å². The maximum Gasteiger partial charge on any atom is 0.228 e. The van der Waals surface area contributed by atoms with E-state index in [0.29, 0.717) is 0 Å². The lowest BCUT2D eigenvalue weighted by Crippen LogP contribution is -2.26. The van der Waals surface area contributed by atoms with E-state index in [-0.39, 0.29) is 22.8 Å². The third kappa shape index (κ3) is 2.31. The van der Waals surface area contributed by atoms with Gasteiger partial charge in [-0.15, -0.1) is 0 Å². The highest BCUT2D eigenvalue weighted by Crippen LogP contribution is 2.42. The van der Waals surface area contributed by atoms with Crippen LogP contribution in [0.4, 0.5) is 8.78 Å². The second-order valence-electron chi connectivity index (χ2n) is 4.99. The third-order valence-corrected chi connectivity index (χ3v) is 3.57. The minimum atomic E-state index is -1.40. The predicted octanol–water partition coefficient (Wildman–Crippen LogP) is 1.63. The van der Waals surface area contributed by atoms with Crippen molar-refractivity contribution in [2.45, 2.75) is 12.5 Å². The molecule has 24 heavy (non-hydrogen) atoms. The van der Waals surface area contributed by atoms with Crippen molar-refractivity contribution >= 4 is 0 Å². The van der Waals surface area contributed by atoms with Crippen LogP contribution in [0.1, 0.15) is 23.0 Å². The van der Waals surface area contributed by atoms with E-state index in [0.717, 1.165) is 24.3 Å². The number of aliphatic hydroxyl groups is 1. The molecule has 122 valence electrons. The number of hydrogen-bond acceptors (Lipinski definition) is 6. The molecular weight excluding hydrogens is 322 g/mol. The topological polar surface area (TPSA) is 109 Å². The molecule has 1 aromatic carbocycles. The Bertz CT molecular complexity index is 939. The fraction of sp³-hybridized carbons (Fsp3) is 0.125. The number of allylic oxidation sites excluding steroid dienone is 1. The van der Waals surface area contributed by atoms with E-state index in [1.165, 1.54) is 0 Å². The molecule has 0 unspecified atom stereocenters. The van der Waals surface area contributed by atoms with Gasteiger partial charge in [-0.05, 0) is 12.1 Å². The van der Waals surface area contributed by atoms with E-state index < -0.39 is 41.0 Å². The van der Waals surface area contributed by atoms with Crippen molar-refractivity contribution in [3.63, 3.8) is 0 Å². The molecule has 1 aliphatic heterocycles. The van der Waals surface area contributed by atoms with E-state index in [9.17, 15) is 23.9 Å². The Labute approximate surface area is 134 Å². The zero-order chi connectivity index (χ0) is 17.4. The number of benzene rings is 1. The third-order valence-electron chi connectivity index (χ3n) is 3.57. The Morgan fingerprint density at radius 2 is 2.00 bits per heavy atom. The van der Waals surface area contributed by atoms with E-state index in [1.807, 2.05) is 0 Å². The Hall–Kier alpha value is -3.18. The van der Waals surface area contributed by atoms with Gasteiger partial charge >= 0.3 is 0 Å². The molecule has 1 aromatic heterocycles. The Morgan fingerprint density at radius 3 is 2.58 bits per heavy atom. The van der Waals surface area contributed by atoms with Crippen LogP contribution < -0.4 is 15.9 Å². The zero-order valence-corrected chi connectivity index (χ0v) is 12.0. The van der Waals surface area contributed by atoms with Gasteiger partial charge in [-0.25, -0.2) is 8.78 Å². The first-order valence-corrected chi connectivity index (χ1v) is 6.77. The molecule has 0 radical (unpaired) electrons. The lowest BCUT2D eigenvalue weighted by atomic mass is 9.86. The van der Waals surface area contributed by atoms with Gasteiger partial charge in [0.05, 0.1) is 5.92 Å². The number of nitrogens with two attached hydrogens (primary N) is 1. The molecule has 0 fully saturated rings. The lowest BCUT2D eigenvalue weighted by molar-refractivity contribution is 0.231. The first kappa shape index (κ1) is 15.7. The summed E-state index contributed by atoms with van der Waals surface area (Å²) in [4.78, 5) is 12.1. The van der Waals surface area contributed by atoms with Crippen LogP contribution in [0, 0.1) is 23.0 Å². The second-order valence-corrected chi connectivity index (χ2v) is 4.99. The van der Waals surface area contributed by atoms with Gasteiger partial charge in [0.1, 0.15) is 35.6 Å². The predicted molar refractivity (Wildman–Crippen MR) is 76.6 cm³/mol. The fourth-order valence-electron chi connectivity index (χ4n) is 2.54. The molecule has 0 saturated heterocycles. The largest absolute Gasteiger partial charge is 0.458 e. The van der Waals surface area contributed by atoms with E-state index in [4.69, 9.17) is 14.9 Å². The summed E-state index contributed by atoms with van der Waals surface area (Å²) in [5.74, 6) is -4.53. The number of aliphatic hydroxyl groups excluding tert-OH is 1. The standard InChI is InChI=1S/C16H10F2N2O4/c17-9-2-1-3-10(18)13(9)12-8(5-19)16(20)24-14-11(22)4-7(6-21)23-15(12)14/h1-4,12,21H,6,20H2/t12-/m1/s1. The molecule has 0 amide bonds. The van der Waals surface area contributed by atoms with Crippen LogP contribution in [0.2, 0.25) is 0 Å². The van der Waals surface area contributed by atoms with Gasteiger partial charge in [0, 0.05) is 11.6 Å². The van der Waals surface area contributed by atoms with Gasteiger partial charge in [-0.2, -0.15) is 5.26 Å². The Balaban J connectivity index is 2.38. The maximum absolute atomic E-state index is 14.2. The molecule has 1 aliphatic rings. The molecule has 3 rings (SSSR count). The van der Waals surface area contributed by atoms with Crippen molar-refractivity contribution in [2.75, 3.05) is 0 Å². The highest BCUT2D eigenvalue weighted by molar-refractivity contribution is 5.52. The summed E-state index contributed by atoms with van der Waals surface area (Å²) in [5.41, 5.74) is 4.14. The first-order valence-electron chi connectivity index (χ1n) is 6.77. The fourth-order valence-corrected chi connectivity index (χ4v) is 2.54. The van der Waals surface area contributed by atoms with Crippen molar-refractivity contribution in [1.82, 2.24) is 0 Å². The minimum absolute atomic E-state index is 0.137. The quantitative estimate of drug-likeness (QED) is 0.865. The molecule has 0 aliphatic carbocycles. The summed E-state index contributed by atoms with van der Waals surface area (Å²) in [6, 6.07) is 5.87. The molecule has 3 N–H and O–H groups in total. The van der Waals surface area contributed by atoms with Crippen LogP contribution in [-0.2, 0) is 6.61 Å². The summed E-state index contributed by atoms with van der Waals surface area (Å²) < 4.78 is 38.9. The number of ether oxygens (including phenoxy) is 1. The molecule has 0 bridgehead atoms. The van der Waals surface area contributed by atoms with Crippen LogP contribution in [0.5, 0.6) is 5.75 Å². The number of nitrogens with zero attached hydrogens (tertiary/aromatic N) is 1. The summed E-state index contributed by atoms with van der Waals surface area (Å²) in [6.07, 6.45) is 0. The molecule has 0 saturated carbocycles. The van der Waals surface area contributed by atoms with Crippen LogP contribution in [0.3, 0.4) is 0 Å². The van der Waals surface area contributed by atoms with Gasteiger partial charge in [0.15, 0.2) is 5.76 Å². The van der Waals surface area contributed by atoms with Crippen molar-refractivity contribution in [3.05, 3.63) is 74.7 Å². The Kier molecular flexibility index (Phi) is 3.79. The van der Waals surface area contributed by atoms with Gasteiger partial charge in [-0.3, -0.25) is 4.79 Å². The number of halogens is 2. The van der Waals surface area contributed by atoms with Crippen molar-refractivity contribution in [1.29, 1.82) is 5.26 Å². The number of hydrogen-bond donors (Lipinski definition) is 2. The summed E-state index contributed by atoms with van der Waals surface area (Å²) in [6.45, 7) is -0.615. The van der Waals surface area contributed by atoms with Crippen molar-refractivity contribution < 1.29 is 23.0 Å². The SMILES string of the molecule is N#CC1=C(N)Oc2c(oc(CO)cc2=O)[C@H]1c1c(F)cccc1F. The van der Waals surface area contributed by atoms with Crippen LogP contribution in [0.15, 0.2) is 44.9 Å². The van der Waals surface area contributed by atoms with E-state index in [2.05, 4.69) is 0 Å². The normalized spacial score (nSPS) is 16.3. The molecule has 2 heterocycles. The highest BCUT2D eigenvalue weighted by Gasteiger charge is 2.38.